The van der Waals surface area contributed by atoms with Gasteiger partial charge in [-0.05, 0) is 18.6 Å². The number of aliphatic hydroxyl groups is 1. The predicted molar refractivity (Wildman–Crippen MR) is 57.5 cm³/mol. The van der Waals surface area contributed by atoms with Crippen LogP contribution in [0.2, 0.25) is 0 Å². The summed E-state index contributed by atoms with van der Waals surface area (Å²) in [7, 11) is 0. The van der Waals surface area contributed by atoms with E-state index in [1.165, 1.54) is 0 Å². The number of ether oxygens (including phenoxy) is 1. The molecule has 1 aromatic rings. The van der Waals surface area contributed by atoms with Crippen molar-refractivity contribution in [3.05, 3.63) is 48.6 Å². The predicted octanol–water partition coefficient (Wildman–Crippen LogP) is 1.78. The van der Waals surface area contributed by atoms with E-state index >= 15 is 0 Å². The fourth-order valence-corrected chi connectivity index (χ4v) is 1.09. The summed E-state index contributed by atoms with van der Waals surface area (Å²) < 4.78 is 4.91. The Balaban J connectivity index is 2.40. The molecule has 0 aliphatic carbocycles. The van der Waals surface area contributed by atoms with Gasteiger partial charge in [0.05, 0.1) is 11.7 Å². The fraction of sp³-hybridized carbons (Fsp3) is 0.250. The average molecular weight is 206 g/mol. The van der Waals surface area contributed by atoms with E-state index in [1.807, 2.05) is 6.07 Å². The first-order valence-electron chi connectivity index (χ1n) is 4.75. The van der Waals surface area contributed by atoms with Gasteiger partial charge in [-0.2, -0.15) is 0 Å². The van der Waals surface area contributed by atoms with Crippen LogP contribution in [0.5, 0.6) is 0 Å². The van der Waals surface area contributed by atoms with Crippen LogP contribution in [-0.2, 0) is 4.74 Å². The first kappa shape index (κ1) is 11.5. The van der Waals surface area contributed by atoms with Crippen molar-refractivity contribution in [1.29, 1.82) is 0 Å². The van der Waals surface area contributed by atoms with Gasteiger partial charge in [-0.15, -0.1) is 6.58 Å². The number of rotatable bonds is 5. The standard InChI is InChI=1S/C12H14O3/c1-2-6-11(13)9-15-12(14)10-7-4-3-5-8-10/h2-5,7-8,11,13H,1,6,9H2/t11-/m0/s1. The number of hydrogen-bond donors (Lipinski definition) is 1. The first-order valence-corrected chi connectivity index (χ1v) is 4.75. The van der Waals surface area contributed by atoms with Crippen molar-refractivity contribution in [2.75, 3.05) is 6.61 Å². The van der Waals surface area contributed by atoms with Crippen LogP contribution in [0, 0.1) is 0 Å². The van der Waals surface area contributed by atoms with E-state index in [1.54, 1.807) is 30.3 Å². The van der Waals surface area contributed by atoms with Gasteiger partial charge in [-0.1, -0.05) is 24.3 Å². The average Bonchev–Trinajstić information content (AvgIpc) is 2.27. The number of carbonyl (C=O) groups is 1. The lowest BCUT2D eigenvalue weighted by atomic mass is 10.2. The molecule has 3 heteroatoms. The van der Waals surface area contributed by atoms with Gasteiger partial charge >= 0.3 is 5.97 Å². The zero-order chi connectivity index (χ0) is 11.1. The van der Waals surface area contributed by atoms with Crippen molar-refractivity contribution < 1.29 is 14.6 Å². The highest BCUT2D eigenvalue weighted by Gasteiger charge is 2.08. The molecule has 0 amide bonds. The summed E-state index contributed by atoms with van der Waals surface area (Å²) in [6.45, 7) is 3.49. The summed E-state index contributed by atoms with van der Waals surface area (Å²) in [5, 5.41) is 9.30. The molecule has 0 aromatic heterocycles. The molecule has 0 aliphatic rings. The van der Waals surface area contributed by atoms with Gasteiger partial charge in [0, 0.05) is 0 Å². The van der Waals surface area contributed by atoms with Crippen LogP contribution in [0.3, 0.4) is 0 Å². The summed E-state index contributed by atoms with van der Waals surface area (Å²) in [6.07, 6.45) is 1.33. The minimum Gasteiger partial charge on any atom is -0.459 e. The Bertz CT molecular complexity index is 319. The monoisotopic (exact) mass is 206 g/mol. The third-order valence-corrected chi connectivity index (χ3v) is 1.86. The van der Waals surface area contributed by atoms with Crippen molar-refractivity contribution in [3.8, 4) is 0 Å². The zero-order valence-corrected chi connectivity index (χ0v) is 8.43. The molecule has 0 saturated carbocycles. The minimum atomic E-state index is -0.671. The van der Waals surface area contributed by atoms with Crippen LogP contribution in [0.4, 0.5) is 0 Å². The van der Waals surface area contributed by atoms with Gasteiger partial charge in [0.25, 0.3) is 0 Å². The molecular weight excluding hydrogens is 192 g/mol. The lowest BCUT2D eigenvalue weighted by molar-refractivity contribution is 0.0265. The van der Waals surface area contributed by atoms with Gasteiger partial charge < -0.3 is 9.84 Å². The van der Waals surface area contributed by atoms with Crippen LogP contribution >= 0.6 is 0 Å². The normalized spacial score (nSPS) is 11.8. The van der Waals surface area contributed by atoms with E-state index in [0.29, 0.717) is 12.0 Å². The lowest BCUT2D eigenvalue weighted by Gasteiger charge is -2.08. The second-order valence-electron chi connectivity index (χ2n) is 3.14. The number of carbonyl (C=O) groups excluding carboxylic acids is 1. The molecule has 1 rings (SSSR count). The Morgan fingerprint density at radius 2 is 2.13 bits per heavy atom. The minimum absolute atomic E-state index is 0.000250. The van der Waals surface area contributed by atoms with Gasteiger partial charge in [-0.25, -0.2) is 4.79 Å². The van der Waals surface area contributed by atoms with Crippen molar-refractivity contribution in [2.45, 2.75) is 12.5 Å². The van der Waals surface area contributed by atoms with Gasteiger partial charge in [0.1, 0.15) is 6.61 Å². The maximum absolute atomic E-state index is 11.4. The quantitative estimate of drug-likeness (QED) is 0.590. The summed E-state index contributed by atoms with van der Waals surface area (Å²) >= 11 is 0. The molecule has 0 bridgehead atoms. The van der Waals surface area contributed by atoms with E-state index in [4.69, 9.17) is 4.74 Å². The molecule has 15 heavy (non-hydrogen) atoms. The Kier molecular flexibility index (Phi) is 4.57. The second kappa shape index (κ2) is 5.98. The van der Waals surface area contributed by atoms with Crippen molar-refractivity contribution >= 4 is 5.97 Å². The summed E-state index contributed by atoms with van der Waals surface area (Å²) in [5.74, 6) is -0.418. The van der Waals surface area contributed by atoms with Crippen molar-refractivity contribution in [2.24, 2.45) is 0 Å². The molecule has 1 aromatic carbocycles. The Labute approximate surface area is 89.0 Å². The molecular formula is C12H14O3. The van der Waals surface area contributed by atoms with E-state index < -0.39 is 12.1 Å². The van der Waals surface area contributed by atoms with Crippen molar-refractivity contribution in [3.63, 3.8) is 0 Å². The van der Waals surface area contributed by atoms with Crippen LogP contribution < -0.4 is 0 Å². The van der Waals surface area contributed by atoms with Crippen LogP contribution in [0.1, 0.15) is 16.8 Å². The van der Waals surface area contributed by atoms with E-state index in [0.717, 1.165) is 0 Å². The maximum Gasteiger partial charge on any atom is 0.338 e. The summed E-state index contributed by atoms with van der Waals surface area (Å²) in [4.78, 5) is 11.4. The maximum atomic E-state index is 11.4. The molecule has 1 N–H and O–H groups in total. The third kappa shape index (κ3) is 3.95. The van der Waals surface area contributed by atoms with Gasteiger partial charge in [0.2, 0.25) is 0 Å². The number of hydrogen-bond acceptors (Lipinski definition) is 3. The Morgan fingerprint density at radius 1 is 1.47 bits per heavy atom. The SMILES string of the molecule is C=CC[C@H](O)COC(=O)c1ccccc1. The lowest BCUT2D eigenvalue weighted by Crippen LogP contribution is -2.17. The van der Waals surface area contributed by atoms with Crippen molar-refractivity contribution in [1.82, 2.24) is 0 Å². The van der Waals surface area contributed by atoms with Gasteiger partial charge in [0.15, 0.2) is 0 Å². The highest BCUT2D eigenvalue weighted by molar-refractivity contribution is 5.89. The number of aliphatic hydroxyl groups excluding tert-OH is 1. The number of esters is 1. The molecule has 0 radical (unpaired) electrons. The summed E-state index contributed by atoms with van der Waals surface area (Å²) in [6, 6.07) is 8.68. The molecule has 3 nitrogen and oxygen atoms in total. The highest BCUT2D eigenvalue weighted by Crippen LogP contribution is 2.02. The number of benzene rings is 1. The second-order valence-corrected chi connectivity index (χ2v) is 3.14. The fourth-order valence-electron chi connectivity index (χ4n) is 1.09. The smallest absolute Gasteiger partial charge is 0.338 e. The van der Waals surface area contributed by atoms with E-state index in [9.17, 15) is 9.90 Å². The van der Waals surface area contributed by atoms with E-state index in [2.05, 4.69) is 6.58 Å². The largest absolute Gasteiger partial charge is 0.459 e. The highest BCUT2D eigenvalue weighted by atomic mass is 16.5. The van der Waals surface area contributed by atoms with Crippen LogP contribution in [0.15, 0.2) is 43.0 Å². The molecule has 0 aliphatic heterocycles. The molecule has 80 valence electrons. The molecule has 0 spiro atoms. The molecule has 1 atom stereocenters. The van der Waals surface area contributed by atoms with Gasteiger partial charge in [-0.3, -0.25) is 0 Å². The topological polar surface area (TPSA) is 46.5 Å². The molecule has 0 heterocycles. The summed E-state index contributed by atoms with van der Waals surface area (Å²) in [5.41, 5.74) is 0.489. The van der Waals surface area contributed by atoms with Crippen LogP contribution in [0.25, 0.3) is 0 Å². The third-order valence-electron chi connectivity index (χ3n) is 1.86. The molecule has 0 unspecified atom stereocenters. The first-order chi connectivity index (χ1) is 7.24. The van der Waals surface area contributed by atoms with E-state index in [-0.39, 0.29) is 6.61 Å². The zero-order valence-electron chi connectivity index (χ0n) is 8.43. The Morgan fingerprint density at radius 3 is 2.73 bits per heavy atom. The van der Waals surface area contributed by atoms with Crippen LogP contribution in [-0.4, -0.2) is 23.8 Å². The Hall–Kier alpha value is -1.61. The molecule has 0 fully saturated rings. The molecule has 0 saturated heterocycles.